The molecule has 0 spiro atoms. The molecule has 0 aliphatic carbocycles. The summed E-state index contributed by atoms with van der Waals surface area (Å²) in [5.41, 5.74) is 3.40. The van der Waals surface area contributed by atoms with Gasteiger partial charge in [0.2, 0.25) is 5.89 Å². The second-order valence-corrected chi connectivity index (χ2v) is 7.33. The minimum atomic E-state index is -0.272. The van der Waals surface area contributed by atoms with Crippen LogP contribution in [0.4, 0.5) is 16.2 Å². The third-order valence-corrected chi connectivity index (χ3v) is 5.26. The summed E-state index contributed by atoms with van der Waals surface area (Å²) in [6.45, 7) is 1.25. The first-order chi connectivity index (χ1) is 15.7. The number of benzene rings is 3. The molecule has 2 heterocycles. The summed E-state index contributed by atoms with van der Waals surface area (Å²) >= 11 is 0. The fourth-order valence-corrected chi connectivity index (χ4v) is 3.64. The topological polar surface area (TPSA) is 87.5 Å². The van der Waals surface area contributed by atoms with Gasteiger partial charge in [0.15, 0.2) is 5.76 Å². The molecule has 3 amide bonds. The maximum Gasteiger partial charge on any atom is 0.321 e. The molecule has 1 aliphatic heterocycles. The molecule has 0 unspecified atom stereocenters. The highest BCUT2D eigenvalue weighted by molar-refractivity contribution is 6.08. The van der Waals surface area contributed by atoms with Gasteiger partial charge >= 0.3 is 6.03 Å². The number of hydrogen-bond acceptors (Lipinski definition) is 4. The quantitative estimate of drug-likeness (QED) is 0.482. The van der Waals surface area contributed by atoms with E-state index in [0.29, 0.717) is 41.6 Å². The van der Waals surface area contributed by atoms with Gasteiger partial charge in [-0.3, -0.25) is 9.69 Å². The molecule has 3 aromatic carbocycles. The number of nitrogens with zero attached hydrogens (tertiary/aromatic N) is 2. The summed E-state index contributed by atoms with van der Waals surface area (Å²) in [7, 11) is 0. The highest BCUT2D eigenvalue weighted by Gasteiger charge is 2.21. The molecule has 7 nitrogen and oxygen atoms in total. The molecule has 1 aromatic heterocycles. The van der Waals surface area contributed by atoms with Gasteiger partial charge in [0, 0.05) is 35.6 Å². The molecule has 0 bridgehead atoms. The molecule has 7 heteroatoms. The Morgan fingerprint density at radius 1 is 0.969 bits per heavy atom. The fraction of sp³-hybridized carbons (Fsp3) is 0.0800. The first-order valence-corrected chi connectivity index (χ1v) is 10.3. The molecular weight excluding hydrogens is 404 g/mol. The van der Waals surface area contributed by atoms with E-state index in [1.54, 1.807) is 35.4 Å². The van der Waals surface area contributed by atoms with Crippen LogP contribution in [-0.4, -0.2) is 30.0 Å². The summed E-state index contributed by atoms with van der Waals surface area (Å²) in [6, 6.07) is 23.9. The lowest BCUT2D eigenvalue weighted by Crippen LogP contribution is -2.27. The van der Waals surface area contributed by atoms with Crippen LogP contribution in [0.5, 0.6) is 0 Å². The van der Waals surface area contributed by atoms with Crippen molar-refractivity contribution in [1.29, 1.82) is 0 Å². The Labute approximate surface area is 184 Å². The van der Waals surface area contributed by atoms with E-state index in [1.165, 1.54) is 0 Å². The first kappa shape index (κ1) is 19.6. The minimum Gasteiger partial charge on any atom is -0.436 e. The van der Waals surface area contributed by atoms with Gasteiger partial charge in [-0.2, -0.15) is 0 Å². The van der Waals surface area contributed by atoms with Crippen LogP contribution >= 0.6 is 0 Å². The average molecular weight is 424 g/mol. The van der Waals surface area contributed by atoms with Crippen LogP contribution in [0.25, 0.3) is 22.8 Å². The van der Waals surface area contributed by atoms with Crippen LogP contribution in [0.2, 0.25) is 0 Å². The number of carbonyl (C=O) groups excluding carboxylic acids is 2. The van der Waals surface area contributed by atoms with E-state index in [-0.39, 0.29) is 11.9 Å². The molecule has 1 fully saturated rings. The monoisotopic (exact) mass is 424 g/mol. The van der Waals surface area contributed by atoms with Crippen molar-refractivity contribution in [1.82, 2.24) is 10.3 Å². The first-order valence-electron chi connectivity index (χ1n) is 10.3. The molecule has 0 atom stereocenters. The molecule has 1 saturated heterocycles. The lowest BCUT2D eigenvalue weighted by Gasteiger charge is -2.15. The highest BCUT2D eigenvalue weighted by Crippen LogP contribution is 2.29. The van der Waals surface area contributed by atoms with Gasteiger partial charge < -0.3 is 15.1 Å². The van der Waals surface area contributed by atoms with Crippen LogP contribution < -0.4 is 15.5 Å². The Hall–Kier alpha value is -4.39. The lowest BCUT2D eigenvalue weighted by atomic mass is 10.1. The highest BCUT2D eigenvalue weighted by atomic mass is 16.4. The number of carbonyl (C=O) groups is 2. The van der Waals surface area contributed by atoms with E-state index in [4.69, 9.17) is 4.42 Å². The number of nitrogens with one attached hydrogen (secondary N) is 2. The zero-order valence-corrected chi connectivity index (χ0v) is 17.1. The third kappa shape index (κ3) is 3.83. The van der Waals surface area contributed by atoms with E-state index >= 15 is 0 Å². The van der Waals surface area contributed by atoms with Crippen molar-refractivity contribution in [2.24, 2.45) is 0 Å². The average Bonchev–Trinajstić information content (AvgIpc) is 3.50. The van der Waals surface area contributed by atoms with Gasteiger partial charge in [-0.25, -0.2) is 9.78 Å². The van der Waals surface area contributed by atoms with Gasteiger partial charge in [-0.15, -0.1) is 0 Å². The zero-order valence-electron chi connectivity index (χ0n) is 17.1. The van der Waals surface area contributed by atoms with E-state index in [9.17, 15) is 9.59 Å². The van der Waals surface area contributed by atoms with E-state index < -0.39 is 0 Å². The fourth-order valence-electron chi connectivity index (χ4n) is 3.64. The van der Waals surface area contributed by atoms with Crippen LogP contribution in [0, 0.1) is 0 Å². The number of hydrogen-bond donors (Lipinski definition) is 2. The minimum absolute atomic E-state index is 0.114. The standard InChI is InChI=1S/C25H20N4O3/c30-23(28-18-10-12-19(13-11-18)29-15-14-26-25(29)31)20-8-4-5-9-21(20)24-27-16-22(32-24)17-6-2-1-3-7-17/h1-13,16H,14-15H2,(H,26,31)(H,28,30). The molecule has 0 radical (unpaired) electrons. The van der Waals surface area contributed by atoms with Crippen molar-refractivity contribution < 1.29 is 14.0 Å². The van der Waals surface area contributed by atoms with E-state index in [0.717, 1.165) is 11.3 Å². The van der Waals surface area contributed by atoms with Crippen molar-refractivity contribution in [3.05, 3.63) is 90.6 Å². The summed E-state index contributed by atoms with van der Waals surface area (Å²) in [5, 5.41) is 5.68. The number of oxazole rings is 1. The Morgan fingerprint density at radius 3 is 2.47 bits per heavy atom. The Morgan fingerprint density at radius 2 is 1.72 bits per heavy atom. The van der Waals surface area contributed by atoms with Crippen molar-refractivity contribution in [3.8, 4) is 22.8 Å². The van der Waals surface area contributed by atoms with Gasteiger partial charge in [-0.1, -0.05) is 42.5 Å². The van der Waals surface area contributed by atoms with Gasteiger partial charge in [-0.05, 0) is 36.4 Å². The molecule has 2 N–H and O–H groups in total. The predicted molar refractivity (Wildman–Crippen MR) is 123 cm³/mol. The molecule has 32 heavy (non-hydrogen) atoms. The van der Waals surface area contributed by atoms with Gasteiger partial charge in [0.1, 0.15) is 0 Å². The Bertz CT molecular complexity index is 1270. The predicted octanol–water partition coefficient (Wildman–Crippen LogP) is 4.79. The van der Waals surface area contributed by atoms with Gasteiger partial charge in [0.25, 0.3) is 5.91 Å². The van der Waals surface area contributed by atoms with Gasteiger partial charge in [0.05, 0.1) is 11.8 Å². The molecule has 5 rings (SSSR count). The zero-order chi connectivity index (χ0) is 21.9. The second kappa shape index (κ2) is 8.39. The maximum absolute atomic E-state index is 13.0. The largest absolute Gasteiger partial charge is 0.436 e. The molecule has 4 aromatic rings. The van der Waals surface area contributed by atoms with Crippen LogP contribution in [0.1, 0.15) is 10.4 Å². The van der Waals surface area contributed by atoms with Crippen molar-refractivity contribution >= 4 is 23.3 Å². The second-order valence-electron chi connectivity index (χ2n) is 7.33. The molecule has 1 aliphatic rings. The Kier molecular flexibility index (Phi) is 5.13. The van der Waals surface area contributed by atoms with Crippen molar-refractivity contribution in [3.63, 3.8) is 0 Å². The summed E-state index contributed by atoms with van der Waals surface area (Å²) < 4.78 is 5.95. The van der Waals surface area contributed by atoms with Crippen LogP contribution in [0.3, 0.4) is 0 Å². The van der Waals surface area contributed by atoms with Crippen LogP contribution in [0.15, 0.2) is 89.5 Å². The van der Waals surface area contributed by atoms with Crippen LogP contribution in [-0.2, 0) is 0 Å². The molecule has 0 saturated carbocycles. The maximum atomic E-state index is 13.0. The van der Waals surface area contributed by atoms with E-state index in [1.807, 2.05) is 54.6 Å². The Balaban J connectivity index is 1.36. The van der Waals surface area contributed by atoms with Crippen molar-refractivity contribution in [2.75, 3.05) is 23.3 Å². The SMILES string of the molecule is O=C(Nc1ccc(N2CCNC2=O)cc1)c1ccccc1-c1ncc(-c2ccccc2)o1. The van der Waals surface area contributed by atoms with Crippen molar-refractivity contribution in [2.45, 2.75) is 0 Å². The number of amides is 3. The number of anilines is 2. The molecular formula is C25H20N4O3. The van der Waals surface area contributed by atoms with E-state index in [2.05, 4.69) is 15.6 Å². The number of rotatable bonds is 5. The summed E-state index contributed by atoms with van der Waals surface area (Å²) in [6.07, 6.45) is 1.66. The number of aromatic nitrogens is 1. The normalized spacial score (nSPS) is 13.1. The lowest BCUT2D eigenvalue weighted by molar-refractivity contribution is 0.102. The molecule has 158 valence electrons. The summed E-state index contributed by atoms with van der Waals surface area (Å²) in [4.78, 5) is 30.9. The summed E-state index contributed by atoms with van der Waals surface area (Å²) in [5.74, 6) is 0.745. The smallest absolute Gasteiger partial charge is 0.321 e. The number of urea groups is 1. The third-order valence-electron chi connectivity index (χ3n) is 5.26.